The van der Waals surface area contributed by atoms with Crippen LogP contribution in [0.2, 0.25) is 0 Å². The Bertz CT molecular complexity index is 408. The van der Waals surface area contributed by atoms with E-state index in [1.54, 1.807) is 6.07 Å². The first-order valence-electron chi connectivity index (χ1n) is 5.81. The second-order valence-corrected chi connectivity index (χ2v) is 5.27. The lowest BCUT2D eigenvalue weighted by Gasteiger charge is -2.29. The van der Waals surface area contributed by atoms with Crippen molar-refractivity contribution in [1.82, 2.24) is 4.90 Å². The molecule has 0 radical (unpaired) electrons. The number of esters is 1. The van der Waals surface area contributed by atoms with Gasteiger partial charge in [0.05, 0.1) is 5.56 Å². The van der Waals surface area contributed by atoms with E-state index >= 15 is 0 Å². The molecule has 2 rings (SSSR count). The predicted octanol–water partition coefficient (Wildman–Crippen LogP) is 2.70. The standard InChI is InChI=1S/C13H16BrNO2/c1-15-8-4-5-10(9-15)17-13(16)11-6-2-3-7-12(11)14/h2-3,6-7,10H,4-5,8-9H2,1H3. The van der Waals surface area contributed by atoms with Crippen LogP contribution in [0.5, 0.6) is 0 Å². The highest BCUT2D eigenvalue weighted by Gasteiger charge is 2.22. The number of hydrogen-bond donors (Lipinski definition) is 0. The molecule has 1 heterocycles. The molecule has 1 aliphatic rings. The van der Waals surface area contributed by atoms with Gasteiger partial charge in [0.15, 0.2) is 0 Å². The van der Waals surface area contributed by atoms with E-state index in [-0.39, 0.29) is 12.1 Å². The molecular formula is C13H16BrNO2. The number of ether oxygens (including phenoxy) is 1. The SMILES string of the molecule is CN1CCCC(OC(=O)c2ccccc2Br)C1. The summed E-state index contributed by atoms with van der Waals surface area (Å²) < 4.78 is 6.30. The lowest BCUT2D eigenvalue weighted by molar-refractivity contribution is 0.0107. The molecule has 17 heavy (non-hydrogen) atoms. The van der Waals surface area contributed by atoms with Gasteiger partial charge in [0.1, 0.15) is 6.10 Å². The van der Waals surface area contributed by atoms with Gasteiger partial charge in [-0.1, -0.05) is 12.1 Å². The molecule has 0 saturated carbocycles. The van der Waals surface area contributed by atoms with Crippen LogP contribution in [0.15, 0.2) is 28.7 Å². The van der Waals surface area contributed by atoms with Crippen LogP contribution in [0.1, 0.15) is 23.2 Å². The minimum absolute atomic E-state index is 0.0216. The van der Waals surface area contributed by atoms with E-state index in [1.807, 2.05) is 18.2 Å². The lowest BCUT2D eigenvalue weighted by atomic mass is 10.1. The lowest BCUT2D eigenvalue weighted by Crippen LogP contribution is -2.38. The zero-order valence-corrected chi connectivity index (χ0v) is 11.4. The number of halogens is 1. The molecule has 1 aliphatic heterocycles. The molecule has 1 atom stereocenters. The Labute approximate surface area is 110 Å². The highest BCUT2D eigenvalue weighted by atomic mass is 79.9. The molecule has 92 valence electrons. The van der Waals surface area contributed by atoms with E-state index < -0.39 is 0 Å². The smallest absolute Gasteiger partial charge is 0.339 e. The largest absolute Gasteiger partial charge is 0.457 e. The molecule has 3 nitrogen and oxygen atoms in total. The molecule has 1 fully saturated rings. The molecule has 0 N–H and O–H groups in total. The Balaban J connectivity index is 1.99. The summed E-state index contributed by atoms with van der Waals surface area (Å²) in [7, 11) is 2.05. The quantitative estimate of drug-likeness (QED) is 0.786. The Morgan fingerprint density at radius 3 is 2.94 bits per heavy atom. The van der Waals surface area contributed by atoms with Gasteiger partial charge < -0.3 is 9.64 Å². The summed E-state index contributed by atoms with van der Waals surface area (Å²) in [5.74, 6) is -0.238. The normalized spacial score (nSPS) is 21.2. The molecule has 0 bridgehead atoms. The number of rotatable bonds is 2. The Hall–Kier alpha value is -0.870. The van der Waals surface area contributed by atoms with Crippen molar-refractivity contribution < 1.29 is 9.53 Å². The van der Waals surface area contributed by atoms with E-state index in [9.17, 15) is 4.79 Å². The summed E-state index contributed by atoms with van der Waals surface area (Å²) in [6, 6.07) is 7.35. The van der Waals surface area contributed by atoms with Crippen LogP contribution in [0.3, 0.4) is 0 Å². The summed E-state index contributed by atoms with van der Waals surface area (Å²) in [5.41, 5.74) is 0.598. The van der Waals surface area contributed by atoms with Gasteiger partial charge in [-0.25, -0.2) is 4.79 Å². The van der Waals surface area contributed by atoms with Crippen LogP contribution in [0, 0.1) is 0 Å². The van der Waals surface area contributed by atoms with Crippen molar-refractivity contribution in [3.63, 3.8) is 0 Å². The molecule has 1 saturated heterocycles. The average Bonchev–Trinajstić information content (AvgIpc) is 2.29. The number of likely N-dealkylation sites (tertiary alicyclic amines) is 1. The van der Waals surface area contributed by atoms with Crippen molar-refractivity contribution >= 4 is 21.9 Å². The van der Waals surface area contributed by atoms with Crippen molar-refractivity contribution in [2.24, 2.45) is 0 Å². The number of carbonyl (C=O) groups excluding carboxylic acids is 1. The molecule has 0 amide bonds. The summed E-state index contributed by atoms with van der Waals surface area (Å²) in [6.45, 7) is 1.92. The first kappa shape index (κ1) is 12.6. The van der Waals surface area contributed by atoms with Gasteiger partial charge in [-0.05, 0) is 54.5 Å². The Kier molecular flexibility index (Phi) is 4.18. The summed E-state index contributed by atoms with van der Waals surface area (Å²) in [4.78, 5) is 14.2. The number of piperidine rings is 1. The van der Waals surface area contributed by atoms with E-state index in [0.717, 1.165) is 30.4 Å². The fourth-order valence-electron chi connectivity index (χ4n) is 2.06. The Morgan fingerprint density at radius 1 is 1.47 bits per heavy atom. The first-order valence-corrected chi connectivity index (χ1v) is 6.60. The highest BCUT2D eigenvalue weighted by Crippen LogP contribution is 2.19. The third-order valence-electron chi connectivity index (χ3n) is 2.95. The van der Waals surface area contributed by atoms with Gasteiger partial charge in [-0.3, -0.25) is 0 Å². The van der Waals surface area contributed by atoms with Crippen molar-refractivity contribution in [3.05, 3.63) is 34.3 Å². The molecule has 0 aliphatic carbocycles. The number of hydrogen-bond acceptors (Lipinski definition) is 3. The minimum atomic E-state index is -0.238. The zero-order chi connectivity index (χ0) is 12.3. The highest BCUT2D eigenvalue weighted by molar-refractivity contribution is 9.10. The van der Waals surface area contributed by atoms with Crippen molar-refractivity contribution in [1.29, 1.82) is 0 Å². The van der Waals surface area contributed by atoms with Crippen molar-refractivity contribution in [3.8, 4) is 0 Å². The Morgan fingerprint density at radius 2 is 2.24 bits per heavy atom. The van der Waals surface area contributed by atoms with Crippen molar-refractivity contribution in [2.75, 3.05) is 20.1 Å². The number of benzene rings is 1. The van der Waals surface area contributed by atoms with Gasteiger partial charge >= 0.3 is 5.97 Å². The molecule has 1 aromatic carbocycles. The molecule has 0 spiro atoms. The van der Waals surface area contributed by atoms with E-state index in [2.05, 4.69) is 27.9 Å². The van der Waals surface area contributed by atoms with E-state index in [1.165, 1.54) is 0 Å². The monoisotopic (exact) mass is 297 g/mol. The molecule has 4 heteroatoms. The average molecular weight is 298 g/mol. The third kappa shape index (κ3) is 3.30. The number of nitrogens with zero attached hydrogens (tertiary/aromatic N) is 1. The second kappa shape index (κ2) is 5.65. The van der Waals surface area contributed by atoms with Crippen molar-refractivity contribution in [2.45, 2.75) is 18.9 Å². The summed E-state index contributed by atoms with van der Waals surface area (Å²) in [6.07, 6.45) is 2.07. The van der Waals surface area contributed by atoms with Crippen LogP contribution in [0.25, 0.3) is 0 Å². The topological polar surface area (TPSA) is 29.5 Å². The molecular weight excluding hydrogens is 282 g/mol. The van der Waals surface area contributed by atoms with Crippen LogP contribution in [0.4, 0.5) is 0 Å². The molecule has 0 aromatic heterocycles. The van der Waals surface area contributed by atoms with Gasteiger partial charge in [0, 0.05) is 11.0 Å². The van der Waals surface area contributed by atoms with Crippen LogP contribution < -0.4 is 0 Å². The van der Waals surface area contributed by atoms with Gasteiger partial charge in [-0.2, -0.15) is 0 Å². The second-order valence-electron chi connectivity index (χ2n) is 4.41. The minimum Gasteiger partial charge on any atom is -0.457 e. The van der Waals surface area contributed by atoms with Crippen LogP contribution in [-0.4, -0.2) is 37.1 Å². The molecule has 1 unspecified atom stereocenters. The number of likely N-dealkylation sites (N-methyl/N-ethyl adjacent to an activating group) is 1. The van der Waals surface area contributed by atoms with Crippen LogP contribution >= 0.6 is 15.9 Å². The van der Waals surface area contributed by atoms with Gasteiger partial charge in [0.2, 0.25) is 0 Å². The zero-order valence-electron chi connectivity index (χ0n) is 9.86. The molecule has 1 aromatic rings. The van der Waals surface area contributed by atoms with Gasteiger partial charge in [-0.15, -0.1) is 0 Å². The van der Waals surface area contributed by atoms with Crippen LogP contribution in [-0.2, 0) is 4.74 Å². The van der Waals surface area contributed by atoms with E-state index in [0.29, 0.717) is 5.56 Å². The third-order valence-corrected chi connectivity index (χ3v) is 3.64. The fourth-order valence-corrected chi connectivity index (χ4v) is 2.50. The maximum absolute atomic E-state index is 12.0. The summed E-state index contributed by atoms with van der Waals surface area (Å²) >= 11 is 3.36. The fraction of sp³-hybridized carbons (Fsp3) is 0.462. The first-order chi connectivity index (χ1) is 8.16. The maximum Gasteiger partial charge on any atom is 0.339 e. The number of carbonyl (C=O) groups is 1. The summed E-state index contributed by atoms with van der Waals surface area (Å²) in [5, 5.41) is 0. The maximum atomic E-state index is 12.0. The predicted molar refractivity (Wildman–Crippen MR) is 70.1 cm³/mol. The van der Waals surface area contributed by atoms with Gasteiger partial charge in [0.25, 0.3) is 0 Å². The van der Waals surface area contributed by atoms with E-state index in [4.69, 9.17) is 4.74 Å².